The Balaban J connectivity index is 2.42. The molecule has 0 saturated heterocycles. The number of benzene rings is 1. The van der Waals surface area contributed by atoms with Gasteiger partial charge in [-0.1, -0.05) is 17.7 Å². The number of nitrogen functional groups attached to an aromatic ring is 1. The molecule has 0 bridgehead atoms. The van der Waals surface area contributed by atoms with Crippen molar-refractivity contribution in [3.8, 4) is 6.07 Å². The van der Waals surface area contributed by atoms with E-state index in [1.54, 1.807) is 6.07 Å². The van der Waals surface area contributed by atoms with Gasteiger partial charge in [-0.05, 0) is 37.0 Å². The number of nitrogens with zero attached hydrogens (tertiary/aromatic N) is 1. The minimum absolute atomic E-state index is 0.294. The number of halogens is 1. The van der Waals surface area contributed by atoms with Crippen molar-refractivity contribution in [2.75, 3.05) is 5.73 Å². The first kappa shape index (κ1) is 9.36. The van der Waals surface area contributed by atoms with Crippen molar-refractivity contribution in [3.63, 3.8) is 0 Å². The number of anilines is 1. The fourth-order valence-electron chi connectivity index (χ4n) is 1.82. The molecular weight excluding hydrogens is 196 g/mol. The van der Waals surface area contributed by atoms with E-state index in [1.165, 1.54) is 0 Å². The summed E-state index contributed by atoms with van der Waals surface area (Å²) >= 11 is 5.92. The minimum Gasteiger partial charge on any atom is -0.398 e. The van der Waals surface area contributed by atoms with E-state index in [4.69, 9.17) is 22.6 Å². The first-order valence-corrected chi connectivity index (χ1v) is 5.02. The molecule has 0 aromatic heterocycles. The van der Waals surface area contributed by atoms with Crippen molar-refractivity contribution in [2.45, 2.75) is 24.7 Å². The largest absolute Gasteiger partial charge is 0.398 e. The Morgan fingerprint density at radius 3 is 2.57 bits per heavy atom. The molecular formula is C11H11ClN2. The Kier molecular flexibility index (Phi) is 2.13. The van der Waals surface area contributed by atoms with Gasteiger partial charge in [-0.3, -0.25) is 0 Å². The number of hydrogen-bond donors (Lipinski definition) is 1. The molecule has 0 heterocycles. The van der Waals surface area contributed by atoms with Crippen LogP contribution in [-0.2, 0) is 5.41 Å². The fourth-order valence-corrected chi connectivity index (χ4v) is 2.00. The molecule has 1 aliphatic carbocycles. The molecule has 0 spiro atoms. The summed E-state index contributed by atoms with van der Waals surface area (Å²) < 4.78 is 0. The maximum Gasteiger partial charge on any atom is 0.0823 e. The predicted molar refractivity (Wildman–Crippen MR) is 57.0 cm³/mol. The van der Waals surface area contributed by atoms with E-state index in [0.717, 1.165) is 24.8 Å². The van der Waals surface area contributed by atoms with Crippen LogP contribution in [0.25, 0.3) is 0 Å². The van der Waals surface area contributed by atoms with Gasteiger partial charge in [0, 0.05) is 0 Å². The van der Waals surface area contributed by atoms with Gasteiger partial charge in [0.25, 0.3) is 0 Å². The Labute approximate surface area is 88.3 Å². The van der Waals surface area contributed by atoms with E-state index >= 15 is 0 Å². The van der Waals surface area contributed by atoms with Crippen molar-refractivity contribution >= 4 is 17.3 Å². The van der Waals surface area contributed by atoms with Gasteiger partial charge in [-0.2, -0.15) is 5.26 Å². The number of nitrogens with two attached hydrogens (primary N) is 1. The molecule has 2 rings (SSSR count). The van der Waals surface area contributed by atoms with Crippen LogP contribution >= 0.6 is 11.6 Å². The highest BCUT2D eigenvalue weighted by atomic mass is 35.5. The molecule has 1 aromatic carbocycles. The van der Waals surface area contributed by atoms with Crippen molar-refractivity contribution < 1.29 is 0 Å². The SMILES string of the molecule is N#CC1(c2ccc(N)c(Cl)c2)CCC1. The van der Waals surface area contributed by atoms with Crippen LogP contribution in [0.4, 0.5) is 5.69 Å². The molecule has 1 saturated carbocycles. The van der Waals surface area contributed by atoms with E-state index in [-0.39, 0.29) is 5.41 Å². The summed E-state index contributed by atoms with van der Waals surface area (Å²) in [6.45, 7) is 0. The van der Waals surface area contributed by atoms with Crippen LogP contribution in [0, 0.1) is 11.3 Å². The molecule has 2 nitrogen and oxygen atoms in total. The number of rotatable bonds is 1. The van der Waals surface area contributed by atoms with Crippen LogP contribution in [0.2, 0.25) is 5.02 Å². The smallest absolute Gasteiger partial charge is 0.0823 e. The topological polar surface area (TPSA) is 49.8 Å². The lowest BCUT2D eigenvalue weighted by Gasteiger charge is -2.35. The zero-order chi connectivity index (χ0) is 10.2. The molecule has 3 heteroatoms. The van der Waals surface area contributed by atoms with Crippen molar-refractivity contribution in [2.24, 2.45) is 0 Å². The molecule has 2 N–H and O–H groups in total. The predicted octanol–water partition coefficient (Wildman–Crippen LogP) is 2.87. The third-order valence-corrected chi connectivity index (χ3v) is 3.30. The highest BCUT2D eigenvalue weighted by Gasteiger charge is 2.39. The van der Waals surface area contributed by atoms with Crippen LogP contribution in [0.5, 0.6) is 0 Å². The van der Waals surface area contributed by atoms with Crippen LogP contribution in [0.15, 0.2) is 18.2 Å². The molecule has 72 valence electrons. The van der Waals surface area contributed by atoms with Crippen molar-refractivity contribution in [1.29, 1.82) is 5.26 Å². The summed E-state index contributed by atoms with van der Waals surface area (Å²) in [5.74, 6) is 0. The van der Waals surface area contributed by atoms with Gasteiger partial charge >= 0.3 is 0 Å². The molecule has 14 heavy (non-hydrogen) atoms. The molecule has 0 aliphatic heterocycles. The second-order valence-corrected chi connectivity index (χ2v) is 4.19. The summed E-state index contributed by atoms with van der Waals surface area (Å²) in [6.07, 6.45) is 2.99. The van der Waals surface area contributed by atoms with Gasteiger partial charge in [0.2, 0.25) is 0 Å². The van der Waals surface area contributed by atoms with E-state index in [9.17, 15) is 0 Å². The zero-order valence-corrected chi connectivity index (χ0v) is 8.51. The normalized spacial score (nSPS) is 18.3. The second kappa shape index (κ2) is 3.18. The molecule has 0 unspecified atom stereocenters. The summed E-state index contributed by atoms with van der Waals surface area (Å²) in [4.78, 5) is 0. The molecule has 1 aliphatic rings. The number of nitriles is 1. The van der Waals surface area contributed by atoms with Crippen LogP contribution in [0.3, 0.4) is 0 Å². The van der Waals surface area contributed by atoms with E-state index in [2.05, 4.69) is 6.07 Å². The van der Waals surface area contributed by atoms with E-state index in [0.29, 0.717) is 10.7 Å². The van der Waals surface area contributed by atoms with Crippen molar-refractivity contribution in [1.82, 2.24) is 0 Å². The summed E-state index contributed by atoms with van der Waals surface area (Å²) in [5, 5.41) is 9.67. The average Bonchev–Trinajstić information content (AvgIpc) is 2.10. The highest BCUT2D eigenvalue weighted by Crippen LogP contribution is 2.44. The zero-order valence-electron chi connectivity index (χ0n) is 7.76. The lowest BCUT2D eigenvalue weighted by molar-refractivity contribution is 0.324. The third kappa shape index (κ3) is 1.25. The first-order chi connectivity index (χ1) is 6.68. The molecule has 0 atom stereocenters. The maximum atomic E-state index is 9.13. The van der Waals surface area contributed by atoms with Crippen molar-refractivity contribution in [3.05, 3.63) is 28.8 Å². The van der Waals surface area contributed by atoms with Gasteiger partial charge in [0.1, 0.15) is 0 Å². The molecule has 1 fully saturated rings. The lowest BCUT2D eigenvalue weighted by atomic mass is 9.65. The van der Waals surface area contributed by atoms with Gasteiger partial charge in [0.15, 0.2) is 0 Å². The van der Waals surface area contributed by atoms with Crippen LogP contribution in [0.1, 0.15) is 24.8 Å². The van der Waals surface area contributed by atoms with E-state index in [1.807, 2.05) is 12.1 Å². The lowest BCUT2D eigenvalue weighted by Crippen LogP contribution is -2.32. The monoisotopic (exact) mass is 206 g/mol. The third-order valence-electron chi connectivity index (χ3n) is 2.97. The van der Waals surface area contributed by atoms with Gasteiger partial charge < -0.3 is 5.73 Å². The van der Waals surface area contributed by atoms with Crippen LogP contribution < -0.4 is 5.73 Å². The quantitative estimate of drug-likeness (QED) is 0.719. The molecule has 0 radical (unpaired) electrons. The Bertz CT molecular complexity index is 402. The molecule has 1 aromatic rings. The number of hydrogen-bond acceptors (Lipinski definition) is 2. The standard InChI is InChI=1S/C11H11ClN2/c12-9-6-8(2-3-10(9)14)11(7-13)4-1-5-11/h2-3,6H,1,4-5,14H2. The molecule has 0 amide bonds. The Morgan fingerprint density at radius 2 is 2.14 bits per heavy atom. The Hall–Kier alpha value is -1.20. The summed E-state index contributed by atoms with van der Waals surface area (Å²) in [6, 6.07) is 7.88. The minimum atomic E-state index is -0.294. The van der Waals surface area contributed by atoms with Gasteiger partial charge in [-0.25, -0.2) is 0 Å². The highest BCUT2D eigenvalue weighted by molar-refractivity contribution is 6.33. The first-order valence-electron chi connectivity index (χ1n) is 4.65. The van der Waals surface area contributed by atoms with Gasteiger partial charge in [0.05, 0.1) is 22.2 Å². The van der Waals surface area contributed by atoms with E-state index < -0.39 is 0 Å². The van der Waals surface area contributed by atoms with Gasteiger partial charge in [-0.15, -0.1) is 0 Å². The van der Waals surface area contributed by atoms with Crippen LogP contribution in [-0.4, -0.2) is 0 Å². The average molecular weight is 207 g/mol. The summed E-state index contributed by atoms with van der Waals surface area (Å²) in [7, 11) is 0. The summed E-state index contributed by atoms with van der Waals surface area (Å²) in [5.41, 5.74) is 6.90. The second-order valence-electron chi connectivity index (χ2n) is 3.78. The fraction of sp³-hybridized carbons (Fsp3) is 0.364. The Morgan fingerprint density at radius 1 is 1.43 bits per heavy atom. The maximum absolute atomic E-state index is 9.13.